The van der Waals surface area contributed by atoms with Gasteiger partial charge in [0, 0.05) is 5.69 Å². The standard InChI is InChI=1S/C10H10Cl2N2O.ClH/c11-7-2-1-6(5-8(7)12)14-10(15)9-3-4-13-9;/h1-2,5,9,13H,3-4H2,(H,14,15);1H/t9-;/m1./s1. The molecule has 0 radical (unpaired) electrons. The molecule has 2 rings (SSSR count). The summed E-state index contributed by atoms with van der Waals surface area (Å²) in [5, 5.41) is 6.71. The Morgan fingerprint density at radius 2 is 2.06 bits per heavy atom. The lowest BCUT2D eigenvalue weighted by Crippen LogP contribution is -2.50. The van der Waals surface area contributed by atoms with Crippen molar-refractivity contribution < 1.29 is 4.79 Å². The first-order valence-electron chi connectivity index (χ1n) is 4.66. The van der Waals surface area contributed by atoms with Gasteiger partial charge in [-0.25, -0.2) is 0 Å². The highest BCUT2D eigenvalue weighted by Crippen LogP contribution is 2.25. The maximum Gasteiger partial charge on any atom is 0.241 e. The molecule has 1 atom stereocenters. The second-order valence-corrected chi connectivity index (χ2v) is 4.23. The van der Waals surface area contributed by atoms with Gasteiger partial charge in [0.1, 0.15) is 0 Å². The van der Waals surface area contributed by atoms with Gasteiger partial charge in [-0.2, -0.15) is 0 Å². The zero-order valence-electron chi connectivity index (χ0n) is 8.30. The molecule has 0 spiro atoms. The molecule has 1 aromatic carbocycles. The van der Waals surface area contributed by atoms with Crippen LogP contribution in [0.4, 0.5) is 5.69 Å². The van der Waals surface area contributed by atoms with E-state index in [2.05, 4.69) is 10.6 Å². The fraction of sp³-hybridized carbons (Fsp3) is 0.300. The Morgan fingerprint density at radius 3 is 2.56 bits per heavy atom. The minimum Gasteiger partial charge on any atom is -0.325 e. The van der Waals surface area contributed by atoms with Gasteiger partial charge in [0.25, 0.3) is 0 Å². The zero-order chi connectivity index (χ0) is 10.8. The number of hydrogen-bond donors (Lipinski definition) is 2. The molecule has 0 aliphatic carbocycles. The first kappa shape index (κ1) is 13.6. The Balaban J connectivity index is 0.00000128. The topological polar surface area (TPSA) is 41.1 Å². The van der Waals surface area contributed by atoms with Crippen molar-refractivity contribution in [3.63, 3.8) is 0 Å². The van der Waals surface area contributed by atoms with E-state index in [0.29, 0.717) is 15.7 Å². The average Bonchev–Trinajstić information content (AvgIpc) is 2.08. The molecule has 1 aromatic rings. The van der Waals surface area contributed by atoms with Crippen LogP contribution in [0.25, 0.3) is 0 Å². The number of nitrogens with one attached hydrogen (secondary N) is 2. The normalized spacial score (nSPS) is 18.2. The van der Waals surface area contributed by atoms with Gasteiger partial charge in [-0.1, -0.05) is 23.2 Å². The van der Waals surface area contributed by atoms with Crippen LogP contribution >= 0.6 is 35.6 Å². The number of rotatable bonds is 2. The zero-order valence-corrected chi connectivity index (χ0v) is 10.6. The molecular weight excluding hydrogens is 270 g/mol. The Bertz CT molecular complexity index is 394. The van der Waals surface area contributed by atoms with Crippen molar-refractivity contribution >= 4 is 47.2 Å². The fourth-order valence-corrected chi connectivity index (χ4v) is 1.61. The molecule has 0 unspecified atom stereocenters. The summed E-state index contributed by atoms with van der Waals surface area (Å²) < 4.78 is 0. The molecule has 1 fully saturated rings. The predicted octanol–water partition coefficient (Wildman–Crippen LogP) is 2.72. The first-order valence-corrected chi connectivity index (χ1v) is 5.42. The van der Waals surface area contributed by atoms with E-state index in [9.17, 15) is 4.79 Å². The monoisotopic (exact) mass is 280 g/mol. The predicted molar refractivity (Wildman–Crippen MR) is 68.7 cm³/mol. The van der Waals surface area contributed by atoms with Crippen LogP contribution in [0.15, 0.2) is 18.2 Å². The average molecular weight is 282 g/mol. The molecular formula is C10H11Cl3N2O. The molecule has 88 valence electrons. The van der Waals surface area contributed by atoms with Crippen molar-refractivity contribution in [3.8, 4) is 0 Å². The van der Waals surface area contributed by atoms with Gasteiger partial charge in [0.15, 0.2) is 0 Å². The van der Waals surface area contributed by atoms with Crippen molar-refractivity contribution in [3.05, 3.63) is 28.2 Å². The molecule has 1 amide bonds. The van der Waals surface area contributed by atoms with Gasteiger partial charge in [-0.3, -0.25) is 4.79 Å². The lowest BCUT2D eigenvalue weighted by molar-refractivity contribution is -0.119. The summed E-state index contributed by atoms with van der Waals surface area (Å²) in [5.74, 6) is -0.0281. The SMILES string of the molecule is Cl.O=C(Nc1ccc(Cl)c(Cl)c1)[C@H]1CCN1. The molecule has 6 heteroatoms. The van der Waals surface area contributed by atoms with Gasteiger partial charge in [-0.05, 0) is 31.2 Å². The quantitative estimate of drug-likeness (QED) is 0.875. The number of benzene rings is 1. The third kappa shape index (κ3) is 3.01. The van der Waals surface area contributed by atoms with E-state index in [0.717, 1.165) is 13.0 Å². The molecule has 1 aliphatic heterocycles. The second-order valence-electron chi connectivity index (χ2n) is 3.41. The molecule has 1 saturated heterocycles. The lowest BCUT2D eigenvalue weighted by atomic mass is 10.1. The van der Waals surface area contributed by atoms with E-state index in [1.165, 1.54) is 0 Å². The van der Waals surface area contributed by atoms with Crippen LogP contribution < -0.4 is 10.6 Å². The fourth-order valence-electron chi connectivity index (χ4n) is 1.32. The molecule has 2 N–H and O–H groups in total. The van der Waals surface area contributed by atoms with Crippen LogP contribution in [-0.4, -0.2) is 18.5 Å². The van der Waals surface area contributed by atoms with E-state index >= 15 is 0 Å². The van der Waals surface area contributed by atoms with Crippen molar-refractivity contribution in [1.29, 1.82) is 0 Å². The summed E-state index contributed by atoms with van der Waals surface area (Å²) in [6.07, 6.45) is 0.882. The minimum absolute atomic E-state index is 0. The molecule has 1 heterocycles. The number of hydrogen-bond acceptors (Lipinski definition) is 2. The molecule has 0 bridgehead atoms. The van der Waals surface area contributed by atoms with Gasteiger partial charge in [0.2, 0.25) is 5.91 Å². The van der Waals surface area contributed by atoms with Crippen molar-refractivity contribution in [1.82, 2.24) is 5.32 Å². The maximum absolute atomic E-state index is 11.5. The summed E-state index contributed by atoms with van der Waals surface area (Å²) >= 11 is 11.6. The van der Waals surface area contributed by atoms with Crippen molar-refractivity contribution in [2.45, 2.75) is 12.5 Å². The highest BCUT2D eigenvalue weighted by atomic mass is 35.5. The first-order chi connectivity index (χ1) is 7.16. The van der Waals surface area contributed by atoms with E-state index < -0.39 is 0 Å². The number of carbonyl (C=O) groups is 1. The highest BCUT2D eigenvalue weighted by Gasteiger charge is 2.24. The van der Waals surface area contributed by atoms with Crippen LogP contribution in [-0.2, 0) is 4.79 Å². The van der Waals surface area contributed by atoms with Gasteiger partial charge < -0.3 is 10.6 Å². The molecule has 0 aromatic heterocycles. The van der Waals surface area contributed by atoms with Crippen molar-refractivity contribution in [2.75, 3.05) is 11.9 Å². The third-order valence-electron chi connectivity index (χ3n) is 2.33. The van der Waals surface area contributed by atoms with Gasteiger partial charge in [0.05, 0.1) is 16.1 Å². The summed E-state index contributed by atoms with van der Waals surface area (Å²) in [6.45, 7) is 0.902. The largest absolute Gasteiger partial charge is 0.325 e. The Labute approximate surface area is 110 Å². The third-order valence-corrected chi connectivity index (χ3v) is 3.07. The molecule has 1 aliphatic rings. The lowest BCUT2D eigenvalue weighted by Gasteiger charge is -2.26. The summed E-state index contributed by atoms with van der Waals surface area (Å²) in [6, 6.07) is 4.96. The number of anilines is 1. The van der Waals surface area contributed by atoms with Crippen LogP contribution in [0.3, 0.4) is 0 Å². The Kier molecular flexibility index (Phi) is 4.87. The minimum atomic E-state index is -0.0700. The summed E-state index contributed by atoms with van der Waals surface area (Å²) in [4.78, 5) is 11.5. The van der Waals surface area contributed by atoms with Crippen LogP contribution in [0, 0.1) is 0 Å². The Morgan fingerprint density at radius 1 is 1.38 bits per heavy atom. The molecule has 3 nitrogen and oxygen atoms in total. The van der Waals surface area contributed by atoms with Crippen LogP contribution in [0.2, 0.25) is 10.0 Å². The second kappa shape index (κ2) is 5.73. The molecule has 16 heavy (non-hydrogen) atoms. The maximum atomic E-state index is 11.5. The number of halogens is 3. The highest BCUT2D eigenvalue weighted by molar-refractivity contribution is 6.42. The van der Waals surface area contributed by atoms with Gasteiger partial charge >= 0.3 is 0 Å². The van der Waals surface area contributed by atoms with Gasteiger partial charge in [-0.15, -0.1) is 12.4 Å². The van der Waals surface area contributed by atoms with Crippen molar-refractivity contribution in [2.24, 2.45) is 0 Å². The van der Waals surface area contributed by atoms with Crippen LogP contribution in [0.1, 0.15) is 6.42 Å². The summed E-state index contributed by atoms with van der Waals surface area (Å²) in [7, 11) is 0. The van der Waals surface area contributed by atoms with Crippen LogP contribution in [0.5, 0.6) is 0 Å². The smallest absolute Gasteiger partial charge is 0.241 e. The molecule has 0 saturated carbocycles. The van der Waals surface area contributed by atoms with E-state index in [-0.39, 0.29) is 24.4 Å². The van der Waals surface area contributed by atoms with E-state index in [1.807, 2.05) is 0 Å². The summed E-state index contributed by atoms with van der Waals surface area (Å²) in [5.41, 5.74) is 0.670. The Hall–Kier alpha value is -0.480. The number of carbonyl (C=O) groups excluding carboxylic acids is 1. The number of amides is 1. The van der Waals surface area contributed by atoms with E-state index in [4.69, 9.17) is 23.2 Å². The van der Waals surface area contributed by atoms with E-state index in [1.54, 1.807) is 18.2 Å².